The van der Waals surface area contributed by atoms with Gasteiger partial charge in [0.15, 0.2) is 0 Å². The van der Waals surface area contributed by atoms with Gasteiger partial charge >= 0.3 is 0 Å². The topological polar surface area (TPSA) is 23.8 Å². The molecule has 0 aromatic heterocycles. The molecule has 0 saturated heterocycles. The number of nitriles is 1. The van der Waals surface area contributed by atoms with Crippen LogP contribution in [0.3, 0.4) is 0 Å². The zero-order valence-electron chi connectivity index (χ0n) is 2.53. The second kappa shape index (κ2) is 2.21. The van der Waals surface area contributed by atoms with E-state index in [1.807, 2.05) is 28.7 Å². The van der Waals surface area contributed by atoms with Crippen LogP contribution in [0.1, 0.15) is 0 Å². The van der Waals surface area contributed by atoms with Crippen LogP contribution in [0.5, 0.6) is 0 Å². The Hall–Kier alpha value is -0.0400. The number of hydrogen-bond acceptors (Lipinski definition) is 1. The summed E-state index contributed by atoms with van der Waals surface area (Å²) in [4.78, 5) is 0. The van der Waals surface area contributed by atoms with E-state index in [-0.39, 0.29) is 0 Å². The monoisotopic (exact) mass is 179 g/mol. The van der Waals surface area contributed by atoms with E-state index >= 15 is 0 Å². The fourth-order valence-electron chi connectivity index (χ4n) is 0. The molecule has 0 aromatic carbocycles. The van der Waals surface area contributed by atoms with Crippen LogP contribution in [0, 0.1) is 11.3 Å². The summed E-state index contributed by atoms with van der Waals surface area (Å²) >= 11 is 1.85. The van der Waals surface area contributed by atoms with Gasteiger partial charge in [0, 0.05) is 0 Å². The third-order valence-electron chi connectivity index (χ3n) is 0.121. The molecule has 0 bridgehead atoms. The molecule has 0 N–H and O–H groups in total. The maximum absolute atomic E-state index is 7.79. The van der Waals surface area contributed by atoms with Crippen LogP contribution >= 0.6 is 22.6 Å². The van der Waals surface area contributed by atoms with Crippen molar-refractivity contribution in [2.75, 3.05) is 0 Å². The summed E-state index contributed by atoms with van der Waals surface area (Å²) < 4.78 is 0.530. The molecular weight excluding hydrogens is 177 g/mol. The van der Waals surface area contributed by atoms with Crippen molar-refractivity contribution in [2.45, 2.75) is 0 Å². The second-order valence-electron chi connectivity index (χ2n) is 0.517. The molecule has 0 heterocycles. The molecule has 1 nitrogen and oxygen atoms in total. The lowest BCUT2D eigenvalue weighted by molar-refractivity contribution is 1.53. The molecule has 0 aliphatic carbocycles. The van der Waals surface area contributed by atoms with Crippen molar-refractivity contribution >= 4 is 22.6 Å². The van der Waals surface area contributed by atoms with Crippen molar-refractivity contribution in [1.82, 2.24) is 0 Å². The highest BCUT2D eigenvalue weighted by Crippen LogP contribution is 1.95. The highest BCUT2D eigenvalue weighted by Gasteiger charge is 1.68. The summed E-state index contributed by atoms with van der Waals surface area (Å²) in [5, 5.41) is 7.79. The molecule has 0 aliphatic heterocycles. The van der Waals surface area contributed by atoms with Gasteiger partial charge in [-0.1, -0.05) is 6.58 Å². The number of nitrogens with zero attached hydrogens (tertiary/aromatic N) is 1. The minimum atomic E-state index is 0.530. The van der Waals surface area contributed by atoms with E-state index < -0.39 is 0 Å². The van der Waals surface area contributed by atoms with Crippen molar-refractivity contribution in [1.29, 1.82) is 5.26 Å². The lowest BCUT2D eigenvalue weighted by Gasteiger charge is -1.58. The molecule has 0 aliphatic rings. The van der Waals surface area contributed by atoms with E-state index in [2.05, 4.69) is 6.58 Å². The van der Waals surface area contributed by atoms with Gasteiger partial charge in [0.25, 0.3) is 0 Å². The van der Waals surface area contributed by atoms with Gasteiger partial charge in [-0.3, -0.25) is 0 Å². The first kappa shape index (κ1) is 4.96. The maximum atomic E-state index is 7.79. The van der Waals surface area contributed by atoms with Gasteiger partial charge < -0.3 is 0 Å². The van der Waals surface area contributed by atoms with Gasteiger partial charge in [-0.25, -0.2) is 0 Å². The number of allylic oxidation sites excluding steroid dienone is 1. The van der Waals surface area contributed by atoms with Crippen LogP contribution in [0.25, 0.3) is 0 Å². The average molecular weight is 179 g/mol. The first-order valence-corrected chi connectivity index (χ1v) is 2.09. The minimum Gasteiger partial charge on any atom is -0.192 e. The summed E-state index contributed by atoms with van der Waals surface area (Å²) in [6.45, 7) is 3.30. The molecule has 0 aromatic rings. The third kappa shape index (κ3) is 3.96. The van der Waals surface area contributed by atoms with Gasteiger partial charge in [0.1, 0.15) is 6.07 Å². The van der Waals surface area contributed by atoms with Crippen molar-refractivity contribution in [2.24, 2.45) is 0 Å². The van der Waals surface area contributed by atoms with Crippen molar-refractivity contribution in [3.05, 3.63) is 10.2 Å². The van der Waals surface area contributed by atoms with Gasteiger partial charge in [-0.2, -0.15) is 5.26 Å². The van der Waals surface area contributed by atoms with Crippen LogP contribution in [-0.4, -0.2) is 0 Å². The highest BCUT2D eigenvalue weighted by molar-refractivity contribution is 14.1. The normalized spacial score (nSPS) is 5.60. The zero-order chi connectivity index (χ0) is 4.28. The largest absolute Gasteiger partial charge is 0.192 e. The standard InChI is InChI=1S/C3H2IN/c1-3(4)2-5/h1H2. The lowest BCUT2D eigenvalue weighted by Crippen LogP contribution is -1.43. The number of halogens is 1. The van der Waals surface area contributed by atoms with Crippen LogP contribution in [0.15, 0.2) is 10.2 Å². The highest BCUT2D eigenvalue weighted by atomic mass is 127. The molecule has 0 rings (SSSR count). The van der Waals surface area contributed by atoms with Gasteiger partial charge in [-0.15, -0.1) is 0 Å². The summed E-state index contributed by atoms with van der Waals surface area (Å²) in [7, 11) is 0. The summed E-state index contributed by atoms with van der Waals surface area (Å²) in [5.74, 6) is 0. The first-order chi connectivity index (χ1) is 2.27. The first-order valence-electron chi connectivity index (χ1n) is 1.02. The van der Waals surface area contributed by atoms with E-state index in [1.54, 1.807) is 0 Å². The van der Waals surface area contributed by atoms with Crippen molar-refractivity contribution in [3.63, 3.8) is 0 Å². The second-order valence-corrected chi connectivity index (χ2v) is 1.82. The third-order valence-corrected chi connectivity index (χ3v) is 0.363. The van der Waals surface area contributed by atoms with E-state index in [0.717, 1.165) is 0 Å². The lowest BCUT2D eigenvalue weighted by atomic mass is 10.7. The SMILES string of the molecule is C=C(I)C#N. The van der Waals surface area contributed by atoms with Crippen LogP contribution in [0.4, 0.5) is 0 Å². The zero-order valence-corrected chi connectivity index (χ0v) is 4.69. The molecule has 2 heteroatoms. The quantitative estimate of drug-likeness (QED) is 0.407. The Bertz CT molecular complexity index is 79.4. The molecule has 0 radical (unpaired) electrons. The Morgan fingerprint density at radius 2 is 2.20 bits per heavy atom. The summed E-state index contributed by atoms with van der Waals surface area (Å²) in [6.07, 6.45) is 0. The van der Waals surface area contributed by atoms with Crippen molar-refractivity contribution < 1.29 is 0 Å². The predicted molar refractivity (Wildman–Crippen MR) is 28.8 cm³/mol. The fourth-order valence-corrected chi connectivity index (χ4v) is 0. The molecule has 5 heavy (non-hydrogen) atoms. The van der Waals surface area contributed by atoms with Gasteiger partial charge in [0.05, 0.1) is 3.58 Å². The van der Waals surface area contributed by atoms with Gasteiger partial charge in [0.2, 0.25) is 0 Å². The molecule has 26 valence electrons. The van der Waals surface area contributed by atoms with Crippen LogP contribution in [-0.2, 0) is 0 Å². The fraction of sp³-hybridized carbons (Fsp3) is 0. The van der Waals surface area contributed by atoms with Crippen molar-refractivity contribution in [3.8, 4) is 6.07 Å². The average Bonchev–Trinajstić information content (AvgIpc) is 1.38. The van der Waals surface area contributed by atoms with E-state index in [0.29, 0.717) is 3.58 Å². The molecule has 0 unspecified atom stereocenters. The summed E-state index contributed by atoms with van der Waals surface area (Å²) in [6, 6.07) is 1.82. The molecule has 0 spiro atoms. The van der Waals surface area contributed by atoms with E-state index in [4.69, 9.17) is 5.26 Å². The van der Waals surface area contributed by atoms with E-state index in [1.165, 1.54) is 0 Å². The number of hydrogen-bond donors (Lipinski definition) is 0. The molecule has 0 amide bonds. The Labute approximate surface area is 44.4 Å². The molecule has 0 atom stereocenters. The minimum absolute atomic E-state index is 0.530. The Morgan fingerprint density at radius 1 is 2.00 bits per heavy atom. The van der Waals surface area contributed by atoms with Crippen LogP contribution in [0.2, 0.25) is 0 Å². The smallest absolute Gasteiger partial charge is 0.105 e. The summed E-state index contributed by atoms with van der Waals surface area (Å²) in [5.41, 5.74) is 0. The number of rotatable bonds is 0. The van der Waals surface area contributed by atoms with E-state index in [9.17, 15) is 0 Å². The molecular formula is C3H2IN. The molecule has 0 fully saturated rings. The Balaban J connectivity index is 3.35. The Kier molecular flexibility index (Phi) is 2.19. The van der Waals surface area contributed by atoms with Crippen LogP contribution < -0.4 is 0 Å². The molecule has 0 saturated carbocycles. The Morgan fingerprint density at radius 3 is 2.20 bits per heavy atom. The maximum Gasteiger partial charge on any atom is 0.105 e. The predicted octanol–water partition coefficient (Wildman–Crippen LogP) is 1.46. The van der Waals surface area contributed by atoms with Gasteiger partial charge in [-0.05, 0) is 22.6 Å².